The molecule has 0 saturated carbocycles. The first-order valence-electron chi connectivity index (χ1n) is 8.65. The number of amides is 1. The Hall–Kier alpha value is -2.29. The van der Waals surface area contributed by atoms with E-state index in [1.165, 1.54) is 17.0 Å². The van der Waals surface area contributed by atoms with Crippen molar-refractivity contribution in [3.63, 3.8) is 0 Å². The lowest BCUT2D eigenvalue weighted by Crippen LogP contribution is -2.40. The maximum atomic E-state index is 12.3. The van der Waals surface area contributed by atoms with Gasteiger partial charge >= 0.3 is 0 Å². The highest BCUT2D eigenvalue weighted by Crippen LogP contribution is 2.40. The van der Waals surface area contributed by atoms with E-state index < -0.39 is 15.4 Å². The summed E-state index contributed by atoms with van der Waals surface area (Å²) in [5, 5.41) is 10.1. The Bertz CT molecular complexity index is 891. The van der Waals surface area contributed by atoms with E-state index in [1.807, 2.05) is 0 Å². The van der Waals surface area contributed by atoms with Crippen LogP contribution in [0.25, 0.3) is 0 Å². The van der Waals surface area contributed by atoms with E-state index in [-0.39, 0.29) is 65.1 Å². The summed E-state index contributed by atoms with van der Waals surface area (Å²) in [6.45, 7) is 3.22. The number of hydrogen-bond donors (Lipinski definition) is 1. The van der Waals surface area contributed by atoms with E-state index in [0.29, 0.717) is 6.42 Å². The van der Waals surface area contributed by atoms with Crippen molar-refractivity contribution in [2.75, 3.05) is 25.2 Å². The van der Waals surface area contributed by atoms with Crippen molar-refractivity contribution in [3.05, 3.63) is 17.7 Å². The second kappa shape index (κ2) is 6.70. The number of hydrogen-bond acceptors (Lipinski definition) is 7. The standard InChI is InChI=1S/C18H23NO7S/c1-18(2)8-14(21)17-13(20)6-12(7-15(17)26-18)25-9-16(22)19(3)11-4-5-27(23,24)10-11/h6-7,11,20H,4-5,8-10H2,1-3H3/t11-/m0/s1. The molecule has 1 N–H and O–H groups in total. The Morgan fingerprint density at radius 3 is 2.74 bits per heavy atom. The Morgan fingerprint density at radius 1 is 1.41 bits per heavy atom. The summed E-state index contributed by atoms with van der Waals surface area (Å²) in [6, 6.07) is 2.39. The summed E-state index contributed by atoms with van der Waals surface area (Å²) < 4.78 is 34.3. The second-order valence-electron chi connectivity index (χ2n) is 7.63. The van der Waals surface area contributed by atoms with Gasteiger partial charge < -0.3 is 19.5 Å². The van der Waals surface area contributed by atoms with E-state index in [1.54, 1.807) is 20.9 Å². The number of Topliss-reactive ketones (excluding diaryl/α,β-unsaturated/α-hetero) is 1. The van der Waals surface area contributed by atoms with Crippen LogP contribution in [0.4, 0.5) is 0 Å². The van der Waals surface area contributed by atoms with Crippen molar-refractivity contribution < 1.29 is 32.6 Å². The van der Waals surface area contributed by atoms with E-state index >= 15 is 0 Å². The summed E-state index contributed by atoms with van der Waals surface area (Å²) >= 11 is 0. The number of carbonyl (C=O) groups is 2. The van der Waals surface area contributed by atoms with Gasteiger partial charge in [0.05, 0.1) is 17.9 Å². The molecule has 0 radical (unpaired) electrons. The van der Waals surface area contributed by atoms with Crippen molar-refractivity contribution in [2.45, 2.75) is 38.3 Å². The van der Waals surface area contributed by atoms with Crippen LogP contribution in [-0.4, -0.2) is 66.9 Å². The van der Waals surface area contributed by atoms with Crippen LogP contribution in [0.2, 0.25) is 0 Å². The smallest absolute Gasteiger partial charge is 0.260 e. The summed E-state index contributed by atoms with van der Waals surface area (Å²) in [6.07, 6.45) is 0.566. The molecule has 27 heavy (non-hydrogen) atoms. The molecule has 0 aliphatic carbocycles. The predicted molar refractivity (Wildman–Crippen MR) is 97.1 cm³/mol. The number of aromatic hydroxyl groups is 1. The van der Waals surface area contributed by atoms with Crippen LogP contribution in [0.5, 0.6) is 17.2 Å². The molecule has 9 heteroatoms. The molecule has 2 heterocycles. The van der Waals surface area contributed by atoms with Crippen LogP contribution in [0.3, 0.4) is 0 Å². The molecule has 0 aromatic heterocycles. The van der Waals surface area contributed by atoms with Crippen molar-refractivity contribution >= 4 is 21.5 Å². The van der Waals surface area contributed by atoms with Gasteiger partial charge in [0, 0.05) is 25.2 Å². The van der Waals surface area contributed by atoms with Gasteiger partial charge in [-0.1, -0.05) is 0 Å². The molecule has 0 spiro atoms. The zero-order chi connectivity index (χ0) is 20.0. The van der Waals surface area contributed by atoms with Crippen molar-refractivity contribution in [3.8, 4) is 17.2 Å². The van der Waals surface area contributed by atoms with Gasteiger partial charge in [0.1, 0.15) is 28.4 Å². The number of likely N-dealkylation sites (N-methyl/N-ethyl adjacent to an activating group) is 1. The van der Waals surface area contributed by atoms with Crippen LogP contribution >= 0.6 is 0 Å². The molecule has 1 saturated heterocycles. The summed E-state index contributed by atoms with van der Waals surface area (Å²) in [5.41, 5.74) is -0.583. The summed E-state index contributed by atoms with van der Waals surface area (Å²) in [4.78, 5) is 25.9. The maximum Gasteiger partial charge on any atom is 0.260 e. The topological polar surface area (TPSA) is 110 Å². The van der Waals surface area contributed by atoms with Gasteiger partial charge in [-0.05, 0) is 20.3 Å². The average Bonchev–Trinajstić information content (AvgIpc) is 2.89. The SMILES string of the molecule is CN(C(=O)COc1cc(O)c2c(c1)OC(C)(C)CC2=O)[C@H]1CCS(=O)(=O)C1. The summed E-state index contributed by atoms with van der Waals surface area (Å²) in [5.74, 6) is -0.400. The second-order valence-corrected chi connectivity index (χ2v) is 9.86. The third-order valence-corrected chi connectivity index (χ3v) is 6.57. The quantitative estimate of drug-likeness (QED) is 0.812. The molecule has 0 unspecified atom stereocenters. The third-order valence-electron chi connectivity index (χ3n) is 4.82. The Morgan fingerprint density at radius 2 is 2.11 bits per heavy atom. The van der Waals surface area contributed by atoms with Gasteiger partial charge in [-0.15, -0.1) is 0 Å². The number of ketones is 1. The zero-order valence-electron chi connectivity index (χ0n) is 15.5. The van der Waals surface area contributed by atoms with E-state index in [9.17, 15) is 23.1 Å². The number of fused-ring (bicyclic) bond motifs is 1. The number of ether oxygens (including phenoxy) is 2. The monoisotopic (exact) mass is 397 g/mol. The molecule has 2 aliphatic heterocycles. The fraction of sp³-hybridized carbons (Fsp3) is 0.556. The van der Waals surface area contributed by atoms with Crippen LogP contribution in [-0.2, 0) is 14.6 Å². The van der Waals surface area contributed by atoms with Crippen LogP contribution in [0, 0.1) is 0 Å². The van der Waals surface area contributed by atoms with E-state index in [2.05, 4.69) is 0 Å². The van der Waals surface area contributed by atoms with Gasteiger partial charge in [-0.3, -0.25) is 9.59 Å². The van der Waals surface area contributed by atoms with Gasteiger partial charge in [-0.25, -0.2) is 8.42 Å². The van der Waals surface area contributed by atoms with E-state index in [0.717, 1.165) is 0 Å². The molecule has 1 aromatic carbocycles. The maximum absolute atomic E-state index is 12.3. The number of benzene rings is 1. The van der Waals surface area contributed by atoms with Gasteiger partial charge in [-0.2, -0.15) is 0 Å². The number of rotatable bonds is 4. The molecular formula is C18H23NO7S. The van der Waals surface area contributed by atoms with Gasteiger partial charge in [0.2, 0.25) is 0 Å². The minimum absolute atomic E-state index is 0.0418. The normalized spacial score (nSPS) is 22.6. The average molecular weight is 397 g/mol. The van der Waals surface area contributed by atoms with Gasteiger partial charge in [0.25, 0.3) is 5.91 Å². The number of nitrogens with zero attached hydrogens (tertiary/aromatic N) is 1. The highest BCUT2D eigenvalue weighted by Gasteiger charge is 2.35. The van der Waals surface area contributed by atoms with Crippen molar-refractivity contribution in [1.82, 2.24) is 4.90 Å². The van der Waals surface area contributed by atoms with E-state index in [4.69, 9.17) is 9.47 Å². The van der Waals surface area contributed by atoms with Crippen molar-refractivity contribution in [1.29, 1.82) is 0 Å². The van der Waals surface area contributed by atoms with Gasteiger partial charge in [0.15, 0.2) is 22.2 Å². The Labute approximate surface area is 158 Å². The fourth-order valence-electron chi connectivity index (χ4n) is 3.36. The van der Waals surface area contributed by atoms with Crippen LogP contribution < -0.4 is 9.47 Å². The minimum atomic E-state index is -3.09. The molecule has 8 nitrogen and oxygen atoms in total. The third kappa shape index (κ3) is 4.18. The Kier molecular flexibility index (Phi) is 4.83. The lowest BCUT2D eigenvalue weighted by atomic mass is 9.92. The zero-order valence-corrected chi connectivity index (χ0v) is 16.3. The first-order valence-corrected chi connectivity index (χ1v) is 10.5. The number of sulfone groups is 1. The van der Waals surface area contributed by atoms with Crippen LogP contribution in [0.15, 0.2) is 12.1 Å². The first-order chi connectivity index (χ1) is 12.5. The minimum Gasteiger partial charge on any atom is -0.507 e. The molecule has 0 bridgehead atoms. The highest BCUT2D eigenvalue weighted by atomic mass is 32.2. The van der Waals surface area contributed by atoms with Crippen molar-refractivity contribution in [2.24, 2.45) is 0 Å². The number of phenols is 1. The molecular weight excluding hydrogens is 374 g/mol. The molecule has 3 rings (SSSR count). The lowest BCUT2D eigenvalue weighted by molar-refractivity contribution is -0.133. The predicted octanol–water partition coefficient (Wildman–Crippen LogP) is 1.16. The number of phenolic OH excluding ortho intramolecular Hbond substituents is 1. The highest BCUT2D eigenvalue weighted by molar-refractivity contribution is 7.91. The number of carbonyl (C=O) groups excluding carboxylic acids is 2. The fourth-order valence-corrected chi connectivity index (χ4v) is 5.13. The Balaban J connectivity index is 1.69. The largest absolute Gasteiger partial charge is 0.507 e. The summed E-state index contributed by atoms with van der Waals surface area (Å²) in [7, 11) is -1.54. The first kappa shape index (κ1) is 19.5. The molecule has 1 aromatic rings. The molecule has 1 fully saturated rings. The molecule has 1 atom stereocenters. The molecule has 2 aliphatic rings. The molecule has 148 valence electrons. The lowest BCUT2D eigenvalue weighted by Gasteiger charge is -2.32. The van der Waals surface area contributed by atoms with Crippen LogP contribution in [0.1, 0.15) is 37.0 Å². The molecule has 1 amide bonds.